The molecule has 0 fully saturated rings. The highest BCUT2D eigenvalue weighted by atomic mass is 16.6. The Hall–Kier alpha value is -2.70. The molecule has 7 nitrogen and oxygen atoms in total. The number of nitro benzene ring substituents is 1. The van der Waals surface area contributed by atoms with E-state index in [0.717, 1.165) is 19.3 Å². The Kier molecular flexibility index (Phi) is 8.81. The molecule has 1 aromatic rings. The van der Waals surface area contributed by atoms with Crippen molar-refractivity contribution in [3.63, 3.8) is 0 Å². The third kappa shape index (κ3) is 8.07. The highest BCUT2D eigenvalue weighted by Crippen LogP contribution is 2.12. The lowest BCUT2D eigenvalue weighted by Gasteiger charge is -2.03. The normalized spacial score (nSPS) is 10.5. The van der Waals surface area contributed by atoms with Gasteiger partial charge in [-0.1, -0.05) is 6.42 Å². The zero-order valence-electron chi connectivity index (χ0n) is 13.7. The number of unbranched alkanes of at least 4 members (excludes halogenated alkanes) is 2. The number of benzene rings is 1. The van der Waals surface area contributed by atoms with E-state index >= 15 is 0 Å². The molecule has 0 unspecified atom stereocenters. The van der Waals surface area contributed by atoms with Gasteiger partial charge in [0, 0.05) is 31.2 Å². The van der Waals surface area contributed by atoms with Gasteiger partial charge >= 0.3 is 5.97 Å². The lowest BCUT2D eigenvalue weighted by Crippen LogP contribution is -2.22. The number of nitro groups is 1. The number of non-ortho nitro benzene ring substituents is 1. The molecule has 0 heterocycles. The number of amides is 1. The Bertz CT molecular complexity index is 581. The Morgan fingerprint density at radius 3 is 2.54 bits per heavy atom. The van der Waals surface area contributed by atoms with E-state index in [4.69, 9.17) is 4.74 Å². The number of carbonyl (C=O) groups excluding carboxylic acids is 2. The summed E-state index contributed by atoms with van der Waals surface area (Å²) in [7, 11) is 0. The van der Waals surface area contributed by atoms with Gasteiger partial charge in [0.2, 0.25) is 5.91 Å². The summed E-state index contributed by atoms with van der Waals surface area (Å²) in [6.07, 6.45) is 5.76. The molecule has 0 saturated heterocycles. The van der Waals surface area contributed by atoms with Gasteiger partial charge in [-0.15, -0.1) is 0 Å². The van der Waals surface area contributed by atoms with Crippen LogP contribution in [0.15, 0.2) is 30.3 Å². The first-order valence-corrected chi connectivity index (χ1v) is 7.89. The summed E-state index contributed by atoms with van der Waals surface area (Å²) in [4.78, 5) is 32.8. The fraction of sp³-hybridized carbons (Fsp3) is 0.412. The van der Waals surface area contributed by atoms with Crippen molar-refractivity contribution >= 4 is 23.6 Å². The Labute approximate surface area is 140 Å². The van der Waals surface area contributed by atoms with Gasteiger partial charge < -0.3 is 10.1 Å². The molecule has 1 aromatic carbocycles. The average molecular weight is 334 g/mol. The zero-order chi connectivity index (χ0) is 17.8. The molecular formula is C17H22N2O5. The summed E-state index contributed by atoms with van der Waals surface area (Å²) in [5.74, 6) is -0.411. The van der Waals surface area contributed by atoms with Crippen LogP contribution < -0.4 is 5.32 Å². The van der Waals surface area contributed by atoms with E-state index in [9.17, 15) is 19.7 Å². The smallest absolute Gasteiger partial charge is 0.305 e. The van der Waals surface area contributed by atoms with Crippen LogP contribution in [0.5, 0.6) is 0 Å². The maximum absolute atomic E-state index is 11.6. The summed E-state index contributed by atoms with van der Waals surface area (Å²) in [6.45, 7) is 2.71. The number of esters is 1. The minimum absolute atomic E-state index is 0.0134. The van der Waals surface area contributed by atoms with E-state index < -0.39 is 4.92 Å². The first-order chi connectivity index (χ1) is 11.5. The second-order valence-corrected chi connectivity index (χ2v) is 5.09. The van der Waals surface area contributed by atoms with Crippen LogP contribution >= 0.6 is 0 Å². The molecule has 0 saturated carbocycles. The molecule has 0 atom stereocenters. The fourth-order valence-corrected chi connectivity index (χ4v) is 1.95. The summed E-state index contributed by atoms with van der Waals surface area (Å²) in [6, 6.07) is 5.94. The number of carbonyl (C=O) groups is 2. The molecule has 0 aliphatic heterocycles. The van der Waals surface area contributed by atoms with Gasteiger partial charge in [0.1, 0.15) is 0 Å². The van der Waals surface area contributed by atoms with Crippen LogP contribution in [0.25, 0.3) is 6.08 Å². The van der Waals surface area contributed by atoms with Gasteiger partial charge in [-0.25, -0.2) is 0 Å². The van der Waals surface area contributed by atoms with Gasteiger partial charge in [-0.2, -0.15) is 0 Å². The van der Waals surface area contributed by atoms with Crippen molar-refractivity contribution in [2.75, 3.05) is 13.2 Å². The molecule has 130 valence electrons. The Morgan fingerprint density at radius 1 is 1.21 bits per heavy atom. The maximum atomic E-state index is 11.6. The van der Waals surface area contributed by atoms with E-state index in [-0.39, 0.29) is 17.6 Å². The van der Waals surface area contributed by atoms with Crippen LogP contribution in [0.1, 0.15) is 38.2 Å². The first kappa shape index (κ1) is 19.3. The molecule has 0 spiro atoms. The lowest BCUT2D eigenvalue weighted by molar-refractivity contribution is -0.384. The molecule has 1 amide bonds. The molecule has 1 N–H and O–H groups in total. The standard InChI is InChI=1S/C17H22N2O5/c1-2-24-17(21)6-4-3-5-13-18-16(20)12-9-14-7-10-15(11-8-14)19(22)23/h7-12H,2-6,13H2,1H3,(H,18,20)/b12-9+. The number of ether oxygens (including phenoxy) is 1. The predicted molar refractivity (Wildman–Crippen MR) is 90.2 cm³/mol. The Morgan fingerprint density at radius 2 is 1.92 bits per heavy atom. The van der Waals surface area contributed by atoms with Gasteiger partial charge in [-0.3, -0.25) is 19.7 Å². The molecule has 24 heavy (non-hydrogen) atoms. The molecule has 7 heteroatoms. The topological polar surface area (TPSA) is 98.5 Å². The third-order valence-electron chi connectivity index (χ3n) is 3.19. The van der Waals surface area contributed by atoms with Crippen LogP contribution in [0.3, 0.4) is 0 Å². The molecule has 0 aliphatic rings. The summed E-state index contributed by atoms with van der Waals surface area (Å²) in [5.41, 5.74) is 0.726. The van der Waals surface area contributed by atoms with Crippen molar-refractivity contribution in [1.82, 2.24) is 5.32 Å². The molecule has 1 rings (SSSR count). The van der Waals surface area contributed by atoms with E-state index in [0.29, 0.717) is 25.1 Å². The number of hydrogen-bond donors (Lipinski definition) is 1. The highest BCUT2D eigenvalue weighted by Gasteiger charge is 2.03. The van der Waals surface area contributed by atoms with Crippen LogP contribution in [-0.2, 0) is 14.3 Å². The van der Waals surface area contributed by atoms with E-state index in [1.807, 2.05) is 0 Å². The number of hydrogen-bond acceptors (Lipinski definition) is 5. The second-order valence-electron chi connectivity index (χ2n) is 5.09. The molecule has 0 aliphatic carbocycles. The zero-order valence-corrected chi connectivity index (χ0v) is 13.7. The van der Waals surface area contributed by atoms with Crippen molar-refractivity contribution < 1.29 is 19.2 Å². The third-order valence-corrected chi connectivity index (χ3v) is 3.19. The molecule has 0 bridgehead atoms. The van der Waals surface area contributed by atoms with Crippen LogP contribution in [0.4, 0.5) is 5.69 Å². The van der Waals surface area contributed by atoms with Crippen molar-refractivity contribution in [3.05, 3.63) is 46.0 Å². The lowest BCUT2D eigenvalue weighted by atomic mass is 10.2. The Balaban J connectivity index is 2.19. The van der Waals surface area contributed by atoms with Gasteiger partial charge in [-0.05, 0) is 43.5 Å². The van der Waals surface area contributed by atoms with Crippen molar-refractivity contribution in [2.45, 2.75) is 32.6 Å². The minimum atomic E-state index is -0.470. The van der Waals surface area contributed by atoms with Gasteiger partial charge in [0.05, 0.1) is 11.5 Å². The van der Waals surface area contributed by atoms with Crippen LogP contribution in [0, 0.1) is 10.1 Å². The van der Waals surface area contributed by atoms with E-state index in [1.54, 1.807) is 25.1 Å². The van der Waals surface area contributed by atoms with E-state index in [1.165, 1.54) is 18.2 Å². The molecular weight excluding hydrogens is 312 g/mol. The van der Waals surface area contributed by atoms with Crippen LogP contribution in [0.2, 0.25) is 0 Å². The minimum Gasteiger partial charge on any atom is -0.466 e. The van der Waals surface area contributed by atoms with Crippen molar-refractivity contribution in [2.24, 2.45) is 0 Å². The maximum Gasteiger partial charge on any atom is 0.305 e. The number of nitrogens with one attached hydrogen (secondary N) is 1. The second kappa shape index (κ2) is 10.9. The number of rotatable bonds is 10. The van der Waals surface area contributed by atoms with E-state index in [2.05, 4.69) is 5.32 Å². The predicted octanol–water partition coefficient (Wildman–Crippen LogP) is 2.85. The molecule has 0 radical (unpaired) electrons. The van der Waals surface area contributed by atoms with Gasteiger partial charge in [0.15, 0.2) is 0 Å². The average Bonchev–Trinajstić information content (AvgIpc) is 2.56. The van der Waals surface area contributed by atoms with Gasteiger partial charge in [0.25, 0.3) is 5.69 Å². The van der Waals surface area contributed by atoms with Crippen molar-refractivity contribution in [1.29, 1.82) is 0 Å². The highest BCUT2D eigenvalue weighted by molar-refractivity contribution is 5.91. The first-order valence-electron chi connectivity index (χ1n) is 7.89. The van der Waals surface area contributed by atoms with Crippen LogP contribution in [-0.4, -0.2) is 30.0 Å². The summed E-state index contributed by atoms with van der Waals surface area (Å²) < 4.78 is 4.83. The summed E-state index contributed by atoms with van der Waals surface area (Å²) >= 11 is 0. The SMILES string of the molecule is CCOC(=O)CCCCCNC(=O)/C=C/c1ccc([N+](=O)[O-])cc1. The fourth-order valence-electron chi connectivity index (χ4n) is 1.95. The number of nitrogens with zero attached hydrogens (tertiary/aromatic N) is 1. The molecule has 0 aromatic heterocycles. The largest absolute Gasteiger partial charge is 0.466 e. The summed E-state index contributed by atoms with van der Waals surface area (Å²) in [5, 5.41) is 13.3. The monoisotopic (exact) mass is 334 g/mol. The van der Waals surface area contributed by atoms with Crippen molar-refractivity contribution in [3.8, 4) is 0 Å². The quantitative estimate of drug-likeness (QED) is 0.233.